The monoisotopic (exact) mass is 298 g/mol. The quantitative estimate of drug-likeness (QED) is 0.865. The molecule has 0 aliphatic rings. The van der Waals surface area contributed by atoms with Gasteiger partial charge in [-0.25, -0.2) is 0 Å². The van der Waals surface area contributed by atoms with Gasteiger partial charge in [-0.15, -0.1) is 0 Å². The number of benzene rings is 2. The Morgan fingerprint density at radius 1 is 1.09 bits per heavy atom. The summed E-state index contributed by atoms with van der Waals surface area (Å²) in [5.41, 5.74) is 1.75. The van der Waals surface area contributed by atoms with Crippen LogP contribution in [0.15, 0.2) is 48.5 Å². The van der Waals surface area contributed by atoms with Gasteiger partial charge in [0.1, 0.15) is 5.75 Å². The van der Waals surface area contributed by atoms with Gasteiger partial charge < -0.3 is 15.0 Å². The maximum atomic E-state index is 11.3. The van der Waals surface area contributed by atoms with Crippen molar-refractivity contribution in [3.63, 3.8) is 0 Å². The minimum atomic E-state index is -0.0813. The van der Waals surface area contributed by atoms with Gasteiger partial charge in [0.05, 0.1) is 5.69 Å². The molecule has 0 bridgehead atoms. The molecule has 2 rings (SSSR count). The number of hydrogen-bond donors (Lipinski definition) is 1. The number of amides is 1. The summed E-state index contributed by atoms with van der Waals surface area (Å²) < 4.78 is 6.00. The third-order valence-corrected chi connectivity index (χ3v) is 3.35. The number of nitrogens with zero attached hydrogens (tertiary/aromatic N) is 1. The molecule has 1 amide bonds. The van der Waals surface area contributed by atoms with Crippen molar-refractivity contribution in [1.29, 1.82) is 0 Å². The predicted octanol–water partition coefficient (Wildman–Crippen LogP) is 4.28. The molecule has 0 unspecified atom stereocenters. The molecule has 0 aromatic heterocycles. The largest absolute Gasteiger partial charge is 0.455 e. The summed E-state index contributed by atoms with van der Waals surface area (Å²) in [7, 11) is 0. The molecule has 0 atom stereocenters. The van der Waals surface area contributed by atoms with Gasteiger partial charge in [-0.3, -0.25) is 4.79 Å². The van der Waals surface area contributed by atoms with E-state index in [-0.39, 0.29) is 5.91 Å². The van der Waals surface area contributed by atoms with Gasteiger partial charge in [0, 0.05) is 25.7 Å². The Kier molecular flexibility index (Phi) is 5.42. The van der Waals surface area contributed by atoms with Gasteiger partial charge in [-0.05, 0) is 44.2 Å². The van der Waals surface area contributed by atoms with Crippen molar-refractivity contribution in [2.45, 2.75) is 20.8 Å². The van der Waals surface area contributed by atoms with Crippen molar-refractivity contribution in [3.8, 4) is 11.5 Å². The Balaban J connectivity index is 2.36. The summed E-state index contributed by atoms with van der Waals surface area (Å²) >= 11 is 0. The van der Waals surface area contributed by atoms with Crippen molar-refractivity contribution in [1.82, 2.24) is 0 Å². The molecule has 0 spiro atoms. The van der Waals surface area contributed by atoms with Crippen molar-refractivity contribution in [3.05, 3.63) is 48.5 Å². The van der Waals surface area contributed by atoms with Crippen LogP contribution in [0.3, 0.4) is 0 Å². The normalized spacial score (nSPS) is 10.1. The summed E-state index contributed by atoms with van der Waals surface area (Å²) in [6.45, 7) is 7.43. The Labute approximate surface area is 131 Å². The molecule has 0 aliphatic heterocycles. The van der Waals surface area contributed by atoms with E-state index in [1.807, 2.05) is 48.5 Å². The highest BCUT2D eigenvalue weighted by Gasteiger charge is 2.12. The lowest BCUT2D eigenvalue weighted by Crippen LogP contribution is -2.22. The molecule has 0 fully saturated rings. The van der Waals surface area contributed by atoms with Crippen LogP contribution in [-0.4, -0.2) is 19.0 Å². The van der Waals surface area contributed by atoms with E-state index < -0.39 is 0 Å². The zero-order chi connectivity index (χ0) is 15.9. The number of nitrogens with one attached hydrogen (secondary N) is 1. The van der Waals surface area contributed by atoms with Gasteiger partial charge in [0.15, 0.2) is 5.75 Å². The van der Waals surface area contributed by atoms with E-state index in [1.165, 1.54) is 6.92 Å². The van der Waals surface area contributed by atoms with Crippen molar-refractivity contribution in [2.24, 2.45) is 0 Å². The number of anilines is 2. The van der Waals surface area contributed by atoms with E-state index in [9.17, 15) is 4.79 Å². The Bertz CT molecular complexity index is 622. The third kappa shape index (κ3) is 4.01. The molecular formula is C18H22N2O2. The van der Waals surface area contributed by atoms with Crippen molar-refractivity contribution < 1.29 is 9.53 Å². The first kappa shape index (κ1) is 15.9. The first-order valence-electron chi connectivity index (χ1n) is 7.53. The van der Waals surface area contributed by atoms with Crippen LogP contribution in [0.25, 0.3) is 0 Å². The number of carbonyl (C=O) groups is 1. The molecule has 0 heterocycles. The van der Waals surface area contributed by atoms with Crippen molar-refractivity contribution >= 4 is 17.3 Å². The third-order valence-electron chi connectivity index (χ3n) is 3.35. The zero-order valence-corrected chi connectivity index (χ0v) is 13.3. The van der Waals surface area contributed by atoms with E-state index in [4.69, 9.17) is 4.74 Å². The second-order valence-corrected chi connectivity index (χ2v) is 4.95. The molecule has 2 aromatic rings. The number of carbonyl (C=O) groups excluding carboxylic acids is 1. The molecule has 22 heavy (non-hydrogen) atoms. The van der Waals surface area contributed by atoms with Gasteiger partial charge in [0.2, 0.25) is 5.91 Å². The summed E-state index contributed by atoms with van der Waals surface area (Å²) in [6, 6.07) is 15.4. The lowest BCUT2D eigenvalue weighted by atomic mass is 10.2. The van der Waals surface area contributed by atoms with Crippen LogP contribution in [0.1, 0.15) is 20.8 Å². The fraction of sp³-hybridized carbons (Fsp3) is 0.278. The van der Waals surface area contributed by atoms with Gasteiger partial charge >= 0.3 is 0 Å². The maximum absolute atomic E-state index is 11.3. The SMILES string of the molecule is CCN(CC)c1cc(NC(C)=O)ccc1Oc1ccccc1. The zero-order valence-electron chi connectivity index (χ0n) is 13.3. The Morgan fingerprint density at radius 3 is 2.36 bits per heavy atom. The van der Waals surface area contributed by atoms with Crippen LogP contribution in [-0.2, 0) is 4.79 Å². The highest BCUT2D eigenvalue weighted by atomic mass is 16.5. The van der Waals surface area contributed by atoms with Crippen LogP contribution in [0.4, 0.5) is 11.4 Å². The molecule has 0 saturated carbocycles. The van der Waals surface area contributed by atoms with Crippen LogP contribution < -0.4 is 15.0 Å². The average Bonchev–Trinajstić information content (AvgIpc) is 2.51. The molecule has 2 aromatic carbocycles. The molecule has 0 aliphatic carbocycles. The van der Waals surface area contributed by atoms with Gasteiger partial charge in [0.25, 0.3) is 0 Å². The second kappa shape index (κ2) is 7.50. The fourth-order valence-corrected chi connectivity index (χ4v) is 2.31. The summed E-state index contributed by atoms with van der Waals surface area (Å²) in [6.07, 6.45) is 0. The van der Waals surface area contributed by atoms with E-state index in [0.717, 1.165) is 36.0 Å². The molecule has 4 nitrogen and oxygen atoms in total. The lowest BCUT2D eigenvalue weighted by molar-refractivity contribution is -0.114. The Morgan fingerprint density at radius 2 is 1.77 bits per heavy atom. The van der Waals surface area contributed by atoms with Gasteiger partial charge in [-0.1, -0.05) is 18.2 Å². The molecule has 0 saturated heterocycles. The number of rotatable bonds is 6. The first-order chi connectivity index (χ1) is 10.6. The fourth-order valence-electron chi connectivity index (χ4n) is 2.31. The predicted molar refractivity (Wildman–Crippen MR) is 90.8 cm³/mol. The molecule has 4 heteroatoms. The van der Waals surface area contributed by atoms with Crippen LogP contribution in [0, 0.1) is 0 Å². The molecule has 0 radical (unpaired) electrons. The minimum Gasteiger partial charge on any atom is -0.455 e. The number of para-hydroxylation sites is 1. The van der Waals surface area contributed by atoms with Gasteiger partial charge in [-0.2, -0.15) is 0 Å². The van der Waals surface area contributed by atoms with E-state index in [1.54, 1.807) is 0 Å². The average molecular weight is 298 g/mol. The van der Waals surface area contributed by atoms with E-state index >= 15 is 0 Å². The van der Waals surface area contributed by atoms with Crippen LogP contribution >= 0.6 is 0 Å². The first-order valence-corrected chi connectivity index (χ1v) is 7.53. The molecular weight excluding hydrogens is 276 g/mol. The standard InChI is InChI=1S/C18H22N2O2/c1-4-20(5-2)17-13-15(19-14(3)21)11-12-18(17)22-16-9-7-6-8-10-16/h6-13H,4-5H2,1-3H3,(H,19,21). The van der Waals surface area contributed by atoms with E-state index in [0.29, 0.717) is 0 Å². The minimum absolute atomic E-state index is 0.0813. The van der Waals surface area contributed by atoms with Crippen LogP contribution in [0.2, 0.25) is 0 Å². The Hall–Kier alpha value is -2.49. The van der Waals surface area contributed by atoms with Crippen LogP contribution in [0.5, 0.6) is 11.5 Å². The summed E-state index contributed by atoms with van der Waals surface area (Å²) in [4.78, 5) is 13.5. The summed E-state index contributed by atoms with van der Waals surface area (Å²) in [5, 5.41) is 2.82. The van der Waals surface area contributed by atoms with E-state index in [2.05, 4.69) is 24.1 Å². The summed E-state index contributed by atoms with van der Waals surface area (Å²) in [5.74, 6) is 1.49. The smallest absolute Gasteiger partial charge is 0.221 e. The highest BCUT2D eigenvalue weighted by Crippen LogP contribution is 2.34. The number of ether oxygens (including phenoxy) is 1. The lowest BCUT2D eigenvalue weighted by Gasteiger charge is -2.24. The highest BCUT2D eigenvalue weighted by molar-refractivity contribution is 5.89. The number of hydrogen-bond acceptors (Lipinski definition) is 3. The maximum Gasteiger partial charge on any atom is 0.221 e. The second-order valence-electron chi connectivity index (χ2n) is 4.95. The van der Waals surface area contributed by atoms with Crippen molar-refractivity contribution in [2.75, 3.05) is 23.3 Å². The topological polar surface area (TPSA) is 41.6 Å². The molecule has 1 N–H and O–H groups in total. The molecule has 116 valence electrons.